The Labute approximate surface area is 207 Å². The van der Waals surface area contributed by atoms with Crippen molar-refractivity contribution in [3.63, 3.8) is 0 Å². The minimum Gasteiger partial charge on any atom is -0.379 e. The van der Waals surface area contributed by atoms with Crippen LogP contribution in [0.3, 0.4) is 0 Å². The maximum Gasteiger partial charge on any atom is 0.318 e. The van der Waals surface area contributed by atoms with Gasteiger partial charge in [0.25, 0.3) is 5.91 Å². The van der Waals surface area contributed by atoms with Gasteiger partial charge in [-0.2, -0.15) is 5.10 Å². The van der Waals surface area contributed by atoms with Crippen LogP contribution in [0, 0.1) is 0 Å². The maximum atomic E-state index is 13.6. The first kappa shape index (κ1) is 24.9. The van der Waals surface area contributed by atoms with Crippen LogP contribution in [0.25, 0.3) is 0 Å². The number of amides is 3. The predicted octanol–water partition coefficient (Wildman–Crippen LogP) is 2.46. The number of benzene rings is 1. The number of nitrogens with zero attached hydrogens (tertiary/aromatic N) is 5. The minimum absolute atomic E-state index is 0.0192. The number of rotatable bonds is 8. The van der Waals surface area contributed by atoms with E-state index in [1.54, 1.807) is 9.91 Å². The molecule has 1 saturated heterocycles. The van der Waals surface area contributed by atoms with Gasteiger partial charge < -0.3 is 19.5 Å². The summed E-state index contributed by atoms with van der Waals surface area (Å²) in [6, 6.07) is 13.5. The van der Waals surface area contributed by atoms with Gasteiger partial charge in [-0.15, -0.1) is 0 Å². The Balaban J connectivity index is 1.53. The van der Waals surface area contributed by atoms with Crippen molar-refractivity contribution in [2.45, 2.75) is 32.4 Å². The molecule has 9 heteroatoms. The average molecular weight is 481 g/mol. The average Bonchev–Trinajstić information content (AvgIpc) is 3.48. The molecule has 3 heterocycles. The van der Waals surface area contributed by atoms with E-state index in [0.717, 1.165) is 30.1 Å². The maximum absolute atomic E-state index is 13.6. The second kappa shape index (κ2) is 11.5. The van der Waals surface area contributed by atoms with Crippen LogP contribution in [0.2, 0.25) is 0 Å². The summed E-state index contributed by atoms with van der Waals surface area (Å²) >= 11 is 0. The van der Waals surface area contributed by atoms with Crippen LogP contribution >= 0.6 is 0 Å². The fourth-order valence-corrected chi connectivity index (χ4v) is 4.50. The number of urea groups is 1. The molecule has 2 aliphatic rings. The molecule has 1 aromatic heterocycles. The fraction of sp³-hybridized carbons (Fsp3) is 0.500. The highest BCUT2D eigenvalue weighted by Gasteiger charge is 2.35. The van der Waals surface area contributed by atoms with E-state index in [1.807, 2.05) is 74.1 Å². The monoisotopic (exact) mass is 480 g/mol. The summed E-state index contributed by atoms with van der Waals surface area (Å²) < 4.78 is 7.44. The van der Waals surface area contributed by atoms with Crippen LogP contribution < -0.4 is 5.32 Å². The van der Waals surface area contributed by atoms with Gasteiger partial charge in [0.1, 0.15) is 6.54 Å². The molecule has 2 aliphatic heterocycles. The normalized spacial score (nSPS) is 18.6. The topological polar surface area (TPSA) is 82.4 Å². The third-order valence-corrected chi connectivity index (χ3v) is 6.40. The summed E-state index contributed by atoms with van der Waals surface area (Å²) in [4.78, 5) is 30.5. The molecule has 35 heavy (non-hydrogen) atoms. The van der Waals surface area contributed by atoms with Gasteiger partial charge in [0.05, 0.1) is 30.7 Å². The van der Waals surface area contributed by atoms with E-state index < -0.39 is 0 Å². The number of hydrogen-bond donors (Lipinski definition) is 1. The SMILES string of the molecule is CC(C)NC(=O)N(CCN1CCOCC1)CC(=O)N1N=C(c2cccn2C)C[C@H]1c1ccccc1. The first-order valence-corrected chi connectivity index (χ1v) is 12.3. The molecule has 0 unspecified atom stereocenters. The third kappa shape index (κ3) is 6.29. The molecule has 3 amide bonds. The van der Waals surface area contributed by atoms with Gasteiger partial charge in [0.2, 0.25) is 0 Å². The van der Waals surface area contributed by atoms with Crippen LogP contribution in [-0.2, 0) is 16.6 Å². The van der Waals surface area contributed by atoms with Gasteiger partial charge in [-0.25, -0.2) is 9.80 Å². The first-order valence-electron chi connectivity index (χ1n) is 12.3. The Hall–Kier alpha value is -3.17. The van der Waals surface area contributed by atoms with E-state index in [0.29, 0.717) is 32.7 Å². The van der Waals surface area contributed by atoms with Crippen LogP contribution in [-0.4, -0.2) is 89.0 Å². The standard InChI is InChI=1S/C26H36N6O3/c1-20(2)27-26(34)31(13-12-30-14-16-35-17-15-30)19-25(33)32-24(21-8-5-4-6-9-21)18-22(28-32)23-10-7-11-29(23)3/h4-11,20,24H,12-19H2,1-3H3,(H,27,34)/t24-/m0/s1. The molecule has 2 aromatic rings. The molecule has 0 aliphatic carbocycles. The lowest BCUT2D eigenvalue weighted by Gasteiger charge is -2.31. The Morgan fingerprint density at radius 1 is 1.14 bits per heavy atom. The summed E-state index contributed by atoms with van der Waals surface area (Å²) in [7, 11) is 1.98. The molecule has 0 saturated carbocycles. The molecule has 1 N–H and O–H groups in total. The molecule has 0 radical (unpaired) electrons. The van der Waals surface area contributed by atoms with Crippen molar-refractivity contribution in [1.82, 2.24) is 24.7 Å². The Bertz CT molecular complexity index is 1030. The summed E-state index contributed by atoms with van der Waals surface area (Å²) in [5.74, 6) is -0.191. The van der Waals surface area contributed by atoms with Gasteiger partial charge in [-0.3, -0.25) is 9.69 Å². The highest BCUT2D eigenvalue weighted by molar-refractivity contribution is 6.02. The zero-order valence-electron chi connectivity index (χ0n) is 20.9. The number of hydrogen-bond acceptors (Lipinski definition) is 5. The Kier molecular flexibility index (Phi) is 8.20. The van der Waals surface area contributed by atoms with Crippen LogP contribution in [0.4, 0.5) is 4.79 Å². The van der Waals surface area contributed by atoms with E-state index in [1.165, 1.54) is 0 Å². The lowest BCUT2D eigenvalue weighted by atomic mass is 10.0. The summed E-state index contributed by atoms with van der Waals surface area (Å²) in [6.07, 6.45) is 2.60. The van der Waals surface area contributed by atoms with E-state index in [4.69, 9.17) is 9.84 Å². The van der Waals surface area contributed by atoms with Crippen molar-refractivity contribution < 1.29 is 14.3 Å². The van der Waals surface area contributed by atoms with Crippen LogP contribution in [0.5, 0.6) is 0 Å². The second-order valence-corrected chi connectivity index (χ2v) is 9.40. The van der Waals surface area contributed by atoms with Gasteiger partial charge in [0.15, 0.2) is 0 Å². The predicted molar refractivity (Wildman–Crippen MR) is 135 cm³/mol. The van der Waals surface area contributed by atoms with Gasteiger partial charge in [-0.05, 0) is 31.5 Å². The lowest BCUT2D eigenvalue weighted by molar-refractivity contribution is -0.133. The van der Waals surface area contributed by atoms with Gasteiger partial charge in [-0.1, -0.05) is 30.3 Å². The molecule has 9 nitrogen and oxygen atoms in total. The van der Waals surface area contributed by atoms with Crippen LogP contribution in [0.15, 0.2) is 53.8 Å². The third-order valence-electron chi connectivity index (χ3n) is 6.40. The lowest BCUT2D eigenvalue weighted by Crippen LogP contribution is -2.50. The number of ether oxygens (including phenoxy) is 1. The van der Waals surface area contributed by atoms with E-state index in [2.05, 4.69) is 10.2 Å². The molecule has 1 fully saturated rings. The van der Waals surface area contributed by atoms with E-state index in [9.17, 15) is 9.59 Å². The van der Waals surface area contributed by atoms with E-state index in [-0.39, 0.29) is 30.6 Å². The second-order valence-electron chi connectivity index (χ2n) is 9.40. The zero-order valence-corrected chi connectivity index (χ0v) is 20.9. The largest absolute Gasteiger partial charge is 0.379 e. The Morgan fingerprint density at radius 2 is 1.89 bits per heavy atom. The van der Waals surface area contributed by atoms with Crippen molar-refractivity contribution in [1.29, 1.82) is 0 Å². The molecule has 1 aromatic carbocycles. The summed E-state index contributed by atoms with van der Waals surface area (Å²) in [6.45, 7) is 8.02. The molecule has 1 atom stereocenters. The van der Waals surface area contributed by atoms with Crippen molar-refractivity contribution >= 4 is 17.6 Å². The molecule has 0 bridgehead atoms. The molecule has 0 spiro atoms. The first-order chi connectivity index (χ1) is 16.9. The van der Waals surface area contributed by atoms with Gasteiger partial charge >= 0.3 is 6.03 Å². The highest BCUT2D eigenvalue weighted by Crippen LogP contribution is 2.32. The Morgan fingerprint density at radius 3 is 2.54 bits per heavy atom. The minimum atomic E-state index is -0.233. The number of morpholine rings is 1. The number of nitrogens with one attached hydrogen (secondary N) is 1. The van der Waals surface area contributed by atoms with Crippen molar-refractivity contribution in [3.8, 4) is 0 Å². The zero-order chi connectivity index (χ0) is 24.8. The number of hydrazone groups is 1. The van der Waals surface area contributed by atoms with Crippen molar-refractivity contribution in [2.24, 2.45) is 12.1 Å². The molecular formula is C26H36N6O3. The highest BCUT2D eigenvalue weighted by atomic mass is 16.5. The molecule has 188 valence electrons. The van der Waals surface area contributed by atoms with Crippen molar-refractivity contribution in [3.05, 3.63) is 59.9 Å². The molecule has 4 rings (SSSR count). The number of carbonyl (C=O) groups is 2. The number of carbonyl (C=O) groups excluding carboxylic acids is 2. The summed E-state index contributed by atoms with van der Waals surface area (Å²) in [5.41, 5.74) is 2.88. The van der Waals surface area contributed by atoms with Gasteiger partial charge in [0, 0.05) is 51.9 Å². The number of aryl methyl sites for hydroxylation is 1. The van der Waals surface area contributed by atoms with E-state index >= 15 is 0 Å². The summed E-state index contributed by atoms with van der Waals surface area (Å²) in [5, 5.41) is 9.28. The smallest absolute Gasteiger partial charge is 0.318 e. The number of aromatic nitrogens is 1. The quantitative estimate of drug-likeness (QED) is 0.629. The van der Waals surface area contributed by atoms with Crippen molar-refractivity contribution in [2.75, 3.05) is 45.9 Å². The fourth-order valence-electron chi connectivity index (χ4n) is 4.50. The van der Waals surface area contributed by atoms with Crippen LogP contribution in [0.1, 0.15) is 37.6 Å². The molecular weight excluding hydrogens is 444 g/mol.